The zero-order valence-corrected chi connectivity index (χ0v) is 9.52. The van der Waals surface area contributed by atoms with Crippen molar-refractivity contribution in [3.63, 3.8) is 0 Å². The van der Waals surface area contributed by atoms with Gasteiger partial charge in [-0.15, -0.1) is 0 Å². The predicted molar refractivity (Wildman–Crippen MR) is 61.0 cm³/mol. The minimum Gasteiger partial charge on any atom is -0.494 e. The van der Waals surface area contributed by atoms with E-state index < -0.39 is 0 Å². The Morgan fingerprint density at radius 3 is 2.12 bits per heavy atom. The van der Waals surface area contributed by atoms with E-state index in [4.69, 9.17) is 19.3 Å². The smallest absolute Gasteiger partial charge is 0.119 e. The van der Waals surface area contributed by atoms with Crippen LogP contribution in [0.25, 0.3) is 0 Å². The molecule has 0 amide bonds. The Bertz CT molecular complexity index is 271. The molecule has 4 heteroatoms. The van der Waals surface area contributed by atoms with Crippen LogP contribution < -0.4 is 9.47 Å². The zero-order chi connectivity index (χ0) is 11.6. The average Bonchev–Trinajstić information content (AvgIpc) is 2.31. The fourth-order valence-corrected chi connectivity index (χ4v) is 1.18. The molecule has 0 aliphatic heterocycles. The van der Waals surface area contributed by atoms with Gasteiger partial charge in [0.15, 0.2) is 0 Å². The van der Waals surface area contributed by atoms with Crippen LogP contribution in [-0.4, -0.2) is 38.1 Å². The van der Waals surface area contributed by atoms with Crippen molar-refractivity contribution in [3.8, 4) is 11.5 Å². The number of aliphatic hydroxyl groups excluding tert-OH is 1. The van der Waals surface area contributed by atoms with Gasteiger partial charge in [0.25, 0.3) is 0 Å². The molecule has 16 heavy (non-hydrogen) atoms. The molecule has 0 saturated heterocycles. The Labute approximate surface area is 95.8 Å². The van der Waals surface area contributed by atoms with Crippen LogP contribution in [0.3, 0.4) is 0 Å². The molecule has 0 fully saturated rings. The van der Waals surface area contributed by atoms with Gasteiger partial charge >= 0.3 is 0 Å². The van der Waals surface area contributed by atoms with Crippen LogP contribution in [0, 0.1) is 0 Å². The molecule has 1 rings (SSSR count). The molecular weight excluding hydrogens is 208 g/mol. The van der Waals surface area contributed by atoms with Gasteiger partial charge < -0.3 is 19.3 Å². The monoisotopic (exact) mass is 226 g/mol. The van der Waals surface area contributed by atoms with Crippen LogP contribution in [0.1, 0.15) is 6.92 Å². The third-order valence-electron chi connectivity index (χ3n) is 1.87. The fraction of sp³-hybridized carbons (Fsp3) is 0.500. The molecule has 1 aromatic rings. The Balaban J connectivity index is 2.21. The molecule has 0 atom stereocenters. The zero-order valence-electron chi connectivity index (χ0n) is 9.52. The maximum Gasteiger partial charge on any atom is 0.119 e. The second-order valence-corrected chi connectivity index (χ2v) is 3.09. The lowest BCUT2D eigenvalue weighted by atomic mass is 10.3. The van der Waals surface area contributed by atoms with Crippen molar-refractivity contribution in [3.05, 3.63) is 24.3 Å². The summed E-state index contributed by atoms with van der Waals surface area (Å²) in [7, 11) is 0. The van der Waals surface area contributed by atoms with Gasteiger partial charge in [-0.2, -0.15) is 0 Å². The lowest BCUT2D eigenvalue weighted by Gasteiger charge is -2.07. The predicted octanol–water partition coefficient (Wildman–Crippen LogP) is 1.47. The maximum atomic E-state index is 8.48. The van der Waals surface area contributed by atoms with E-state index in [-0.39, 0.29) is 6.61 Å². The van der Waals surface area contributed by atoms with Gasteiger partial charge in [-0.05, 0) is 31.2 Å². The van der Waals surface area contributed by atoms with E-state index in [9.17, 15) is 0 Å². The summed E-state index contributed by atoms with van der Waals surface area (Å²) in [6.07, 6.45) is 0. The molecule has 0 saturated carbocycles. The summed E-state index contributed by atoms with van der Waals surface area (Å²) in [5.41, 5.74) is 0. The number of hydrogen-bond acceptors (Lipinski definition) is 4. The van der Waals surface area contributed by atoms with Crippen LogP contribution in [0.15, 0.2) is 24.3 Å². The number of aliphatic hydroxyl groups is 1. The van der Waals surface area contributed by atoms with Crippen LogP contribution in [0.4, 0.5) is 0 Å². The van der Waals surface area contributed by atoms with E-state index in [2.05, 4.69) is 0 Å². The second-order valence-electron chi connectivity index (χ2n) is 3.09. The van der Waals surface area contributed by atoms with E-state index in [1.165, 1.54) is 0 Å². The third-order valence-corrected chi connectivity index (χ3v) is 1.87. The Morgan fingerprint density at radius 1 is 0.938 bits per heavy atom. The van der Waals surface area contributed by atoms with E-state index in [0.29, 0.717) is 26.4 Å². The first-order valence-corrected chi connectivity index (χ1v) is 5.41. The van der Waals surface area contributed by atoms with Crippen LogP contribution in [0.5, 0.6) is 11.5 Å². The minimum atomic E-state index is 0.0447. The molecule has 0 unspecified atom stereocenters. The van der Waals surface area contributed by atoms with Crippen molar-refractivity contribution < 1.29 is 19.3 Å². The summed E-state index contributed by atoms with van der Waals surface area (Å²) in [6, 6.07) is 7.45. The Morgan fingerprint density at radius 2 is 1.56 bits per heavy atom. The highest BCUT2D eigenvalue weighted by molar-refractivity contribution is 5.31. The lowest BCUT2D eigenvalue weighted by Crippen LogP contribution is -2.09. The first-order chi connectivity index (χ1) is 7.86. The van der Waals surface area contributed by atoms with Gasteiger partial charge in [0.05, 0.1) is 26.4 Å². The molecule has 0 spiro atoms. The van der Waals surface area contributed by atoms with Crippen molar-refractivity contribution in [2.24, 2.45) is 0 Å². The Kier molecular flexibility index (Phi) is 6.37. The fourth-order valence-electron chi connectivity index (χ4n) is 1.18. The summed E-state index contributed by atoms with van der Waals surface area (Å²) in [4.78, 5) is 0. The van der Waals surface area contributed by atoms with Gasteiger partial charge in [-0.25, -0.2) is 0 Å². The van der Waals surface area contributed by atoms with Crippen molar-refractivity contribution in [1.82, 2.24) is 0 Å². The summed E-state index contributed by atoms with van der Waals surface area (Å²) in [5.74, 6) is 1.63. The van der Waals surface area contributed by atoms with Gasteiger partial charge in [0.2, 0.25) is 0 Å². The largest absolute Gasteiger partial charge is 0.494 e. The molecule has 4 nitrogen and oxygen atoms in total. The van der Waals surface area contributed by atoms with E-state index in [0.717, 1.165) is 11.5 Å². The van der Waals surface area contributed by atoms with Gasteiger partial charge in [-0.3, -0.25) is 0 Å². The second kappa shape index (κ2) is 7.96. The molecule has 90 valence electrons. The quantitative estimate of drug-likeness (QED) is 0.682. The van der Waals surface area contributed by atoms with Crippen LogP contribution in [-0.2, 0) is 4.74 Å². The van der Waals surface area contributed by atoms with Gasteiger partial charge in [-0.1, -0.05) is 0 Å². The van der Waals surface area contributed by atoms with Crippen molar-refractivity contribution >= 4 is 0 Å². The molecule has 0 heterocycles. The normalized spacial score (nSPS) is 10.1. The van der Waals surface area contributed by atoms with Crippen molar-refractivity contribution in [2.75, 3.05) is 33.0 Å². The van der Waals surface area contributed by atoms with E-state index in [1.54, 1.807) is 0 Å². The van der Waals surface area contributed by atoms with Gasteiger partial charge in [0, 0.05) is 0 Å². The highest BCUT2D eigenvalue weighted by atomic mass is 16.5. The first-order valence-electron chi connectivity index (χ1n) is 5.41. The molecular formula is C12H18O4. The van der Waals surface area contributed by atoms with Crippen molar-refractivity contribution in [1.29, 1.82) is 0 Å². The molecule has 0 radical (unpaired) electrons. The number of hydrogen-bond donors (Lipinski definition) is 1. The summed E-state index contributed by atoms with van der Waals surface area (Å²) >= 11 is 0. The topological polar surface area (TPSA) is 47.9 Å². The lowest BCUT2D eigenvalue weighted by molar-refractivity contribution is 0.0705. The Hall–Kier alpha value is -1.26. The van der Waals surface area contributed by atoms with Gasteiger partial charge in [0.1, 0.15) is 18.1 Å². The number of benzene rings is 1. The molecule has 0 aliphatic rings. The molecule has 0 aromatic heterocycles. The van der Waals surface area contributed by atoms with E-state index >= 15 is 0 Å². The van der Waals surface area contributed by atoms with E-state index in [1.807, 2.05) is 31.2 Å². The molecule has 1 aromatic carbocycles. The molecule has 1 N–H and O–H groups in total. The number of ether oxygens (including phenoxy) is 3. The highest BCUT2D eigenvalue weighted by Gasteiger charge is 1.95. The van der Waals surface area contributed by atoms with Crippen LogP contribution >= 0.6 is 0 Å². The minimum absolute atomic E-state index is 0.0447. The first kappa shape index (κ1) is 12.8. The molecule has 0 bridgehead atoms. The standard InChI is InChI=1S/C12H18O4/c1-2-15-11-3-5-12(6-4-11)16-10-9-14-8-7-13/h3-6,13H,2,7-10H2,1H3. The maximum absolute atomic E-state index is 8.48. The highest BCUT2D eigenvalue weighted by Crippen LogP contribution is 2.17. The third kappa shape index (κ3) is 5.00. The van der Waals surface area contributed by atoms with Crippen molar-refractivity contribution in [2.45, 2.75) is 6.92 Å². The number of rotatable bonds is 8. The summed E-state index contributed by atoms with van der Waals surface area (Å²) in [5, 5.41) is 8.48. The summed E-state index contributed by atoms with van der Waals surface area (Å²) < 4.78 is 15.8. The molecule has 0 aliphatic carbocycles. The SMILES string of the molecule is CCOc1ccc(OCCOCCO)cc1. The average molecular weight is 226 g/mol. The summed E-state index contributed by atoms with van der Waals surface area (Å²) in [6.45, 7) is 3.97. The van der Waals surface area contributed by atoms with Crippen LogP contribution in [0.2, 0.25) is 0 Å².